The van der Waals surface area contributed by atoms with E-state index in [0.29, 0.717) is 22.6 Å². The van der Waals surface area contributed by atoms with Crippen LogP contribution in [-0.2, 0) is 22.5 Å². The number of aromatic nitrogens is 1. The second-order valence-corrected chi connectivity index (χ2v) is 8.01. The van der Waals surface area contributed by atoms with Crippen molar-refractivity contribution in [3.05, 3.63) is 82.7 Å². The van der Waals surface area contributed by atoms with E-state index in [1.54, 1.807) is 12.1 Å². The van der Waals surface area contributed by atoms with Gasteiger partial charge < -0.3 is 24.1 Å². The van der Waals surface area contributed by atoms with E-state index in [0.717, 1.165) is 24.4 Å². The number of ether oxygens (including phenoxy) is 3. The number of rotatable bonds is 11. The maximum absolute atomic E-state index is 12.7. The fraction of sp³-hybridized carbons (Fsp3) is 0.296. The summed E-state index contributed by atoms with van der Waals surface area (Å²) in [4.78, 5) is 37.2. The lowest BCUT2D eigenvalue weighted by molar-refractivity contribution is -0.141. The van der Waals surface area contributed by atoms with Crippen molar-refractivity contribution < 1.29 is 28.6 Å². The summed E-state index contributed by atoms with van der Waals surface area (Å²) in [5, 5.41) is 2.48. The number of methoxy groups -OCH3 is 2. The Bertz CT molecular complexity index is 1200. The molecular formula is C27H30N2O6. The number of nitrogens with zero attached hydrogens (tertiary/aromatic N) is 1. The summed E-state index contributed by atoms with van der Waals surface area (Å²) in [6, 6.07) is 16.6. The highest BCUT2D eigenvalue weighted by molar-refractivity contribution is 6.00. The van der Waals surface area contributed by atoms with Crippen molar-refractivity contribution in [1.82, 2.24) is 9.88 Å². The van der Waals surface area contributed by atoms with E-state index in [9.17, 15) is 14.4 Å². The molecule has 1 heterocycles. The summed E-state index contributed by atoms with van der Waals surface area (Å²) in [7, 11) is 2.96. The van der Waals surface area contributed by atoms with Gasteiger partial charge >= 0.3 is 5.97 Å². The van der Waals surface area contributed by atoms with Crippen LogP contribution < -0.4 is 14.8 Å². The van der Waals surface area contributed by atoms with Gasteiger partial charge in [0.25, 0.3) is 5.91 Å². The van der Waals surface area contributed by atoms with Gasteiger partial charge in [-0.15, -0.1) is 0 Å². The van der Waals surface area contributed by atoms with Gasteiger partial charge in [-0.1, -0.05) is 30.3 Å². The number of carbonyl (C=O) groups excluding carboxylic acids is 3. The molecule has 0 saturated heterocycles. The third-order valence-electron chi connectivity index (χ3n) is 5.74. The number of Topliss-reactive ketones (excluding diaryl/α,β-unsaturated/α-hetero) is 1. The van der Waals surface area contributed by atoms with Crippen LogP contribution >= 0.6 is 0 Å². The molecule has 0 unspecified atom stereocenters. The molecule has 1 aromatic heterocycles. The van der Waals surface area contributed by atoms with Crippen LogP contribution in [0.4, 0.5) is 0 Å². The van der Waals surface area contributed by atoms with Crippen molar-refractivity contribution in [3.63, 3.8) is 0 Å². The molecule has 0 atom stereocenters. The number of ketones is 1. The van der Waals surface area contributed by atoms with Gasteiger partial charge in [0, 0.05) is 29.1 Å². The number of benzene rings is 2. The van der Waals surface area contributed by atoms with Crippen LogP contribution in [0.15, 0.2) is 54.6 Å². The normalized spacial score (nSPS) is 10.5. The van der Waals surface area contributed by atoms with Crippen molar-refractivity contribution in [2.24, 2.45) is 0 Å². The molecule has 3 aromatic rings. The molecule has 8 heteroatoms. The molecule has 3 rings (SSSR count). The lowest BCUT2D eigenvalue weighted by Gasteiger charge is -2.11. The van der Waals surface area contributed by atoms with Crippen LogP contribution in [-0.4, -0.2) is 49.6 Å². The SMILES string of the molecule is COc1ccc(C(=O)NCC(=O)OCC(=O)c2cc(C)n(CCc3ccccc3)c2C)cc1OC. The number of carbonyl (C=O) groups is 3. The number of nitrogens with one attached hydrogen (secondary N) is 1. The second-order valence-electron chi connectivity index (χ2n) is 8.01. The summed E-state index contributed by atoms with van der Waals surface area (Å²) in [5.74, 6) is -0.582. The molecule has 184 valence electrons. The predicted molar refractivity (Wildman–Crippen MR) is 131 cm³/mol. The first kappa shape index (κ1) is 25.6. The fourth-order valence-electron chi connectivity index (χ4n) is 3.82. The lowest BCUT2D eigenvalue weighted by atomic mass is 10.1. The van der Waals surface area contributed by atoms with Crippen molar-refractivity contribution >= 4 is 17.7 Å². The summed E-state index contributed by atoms with van der Waals surface area (Å²) >= 11 is 0. The molecule has 0 radical (unpaired) electrons. The summed E-state index contributed by atoms with van der Waals surface area (Å²) in [6.07, 6.45) is 0.847. The molecule has 0 bridgehead atoms. The highest BCUT2D eigenvalue weighted by Gasteiger charge is 2.18. The van der Waals surface area contributed by atoms with Gasteiger partial charge in [-0.25, -0.2) is 0 Å². The first-order valence-corrected chi connectivity index (χ1v) is 11.2. The van der Waals surface area contributed by atoms with Crippen LogP contribution in [0.25, 0.3) is 0 Å². The molecule has 0 saturated carbocycles. The van der Waals surface area contributed by atoms with E-state index in [4.69, 9.17) is 14.2 Å². The highest BCUT2D eigenvalue weighted by Crippen LogP contribution is 2.27. The molecule has 0 spiro atoms. The van der Waals surface area contributed by atoms with E-state index in [2.05, 4.69) is 22.0 Å². The van der Waals surface area contributed by atoms with E-state index in [1.807, 2.05) is 38.1 Å². The van der Waals surface area contributed by atoms with Gasteiger partial charge in [0.2, 0.25) is 5.78 Å². The van der Waals surface area contributed by atoms with E-state index in [-0.39, 0.29) is 12.3 Å². The topological polar surface area (TPSA) is 95.9 Å². The summed E-state index contributed by atoms with van der Waals surface area (Å²) in [6.45, 7) is 3.82. The average Bonchev–Trinajstić information content (AvgIpc) is 3.17. The Labute approximate surface area is 204 Å². The molecule has 1 N–H and O–H groups in total. The molecule has 0 aliphatic carbocycles. The van der Waals surface area contributed by atoms with Gasteiger partial charge in [0.15, 0.2) is 18.1 Å². The molecule has 0 aliphatic rings. The zero-order valence-corrected chi connectivity index (χ0v) is 20.4. The van der Waals surface area contributed by atoms with E-state index >= 15 is 0 Å². The van der Waals surface area contributed by atoms with Gasteiger partial charge in [0.05, 0.1) is 14.2 Å². The predicted octanol–water partition coefficient (Wildman–Crippen LogP) is 3.52. The van der Waals surface area contributed by atoms with E-state index < -0.39 is 18.5 Å². The number of hydrogen-bond donors (Lipinski definition) is 1. The largest absolute Gasteiger partial charge is 0.493 e. The second kappa shape index (κ2) is 11.9. The first-order valence-electron chi connectivity index (χ1n) is 11.2. The maximum atomic E-state index is 12.7. The van der Waals surface area contributed by atoms with Crippen LogP contribution in [0, 0.1) is 13.8 Å². The molecule has 35 heavy (non-hydrogen) atoms. The Morgan fingerprint density at radius 1 is 0.914 bits per heavy atom. The average molecular weight is 479 g/mol. The lowest BCUT2D eigenvalue weighted by Crippen LogP contribution is -2.31. The maximum Gasteiger partial charge on any atom is 0.325 e. The standard InChI is InChI=1S/C27H30N2O6/c1-18-14-22(19(2)29(18)13-12-20-8-6-5-7-9-20)23(30)17-35-26(31)16-28-27(32)21-10-11-24(33-3)25(15-21)34-4/h5-11,14-15H,12-13,16-17H2,1-4H3,(H,28,32). The highest BCUT2D eigenvalue weighted by atomic mass is 16.5. The smallest absolute Gasteiger partial charge is 0.325 e. The Kier molecular flexibility index (Phi) is 8.67. The van der Waals surface area contributed by atoms with E-state index in [1.165, 1.54) is 25.8 Å². The fourth-order valence-corrected chi connectivity index (χ4v) is 3.82. The van der Waals surface area contributed by atoms with Crippen LogP contribution in [0.3, 0.4) is 0 Å². The van der Waals surface area contributed by atoms with Crippen molar-refractivity contribution in [3.8, 4) is 11.5 Å². The number of esters is 1. The molecular weight excluding hydrogens is 448 g/mol. The molecule has 0 aliphatic heterocycles. The summed E-state index contributed by atoms with van der Waals surface area (Å²) < 4.78 is 17.5. The number of hydrogen-bond acceptors (Lipinski definition) is 6. The minimum absolute atomic E-state index is 0.288. The van der Waals surface area contributed by atoms with Crippen molar-refractivity contribution in [2.75, 3.05) is 27.4 Å². The Balaban J connectivity index is 1.51. The molecule has 2 aromatic carbocycles. The van der Waals surface area contributed by atoms with Crippen LogP contribution in [0.2, 0.25) is 0 Å². The molecule has 0 fully saturated rings. The molecule has 1 amide bonds. The van der Waals surface area contributed by atoms with Gasteiger partial charge in [0.1, 0.15) is 6.54 Å². The molecule has 8 nitrogen and oxygen atoms in total. The van der Waals surface area contributed by atoms with Gasteiger partial charge in [-0.05, 0) is 50.1 Å². The van der Waals surface area contributed by atoms with Crippen LogP contribution in [0.5, 0.6) is 11.5 Å². The zero-order chi connectivity index (χ0) is 25.4. The zero-order valence-electron chi connectivity index (χ0n) is 20.4. The third-order valence-corrected chi connectivity index (χ3v) is 5.74. The third kappa shape index (κ3) is 6.50. The minimum Gasteiger partial charge on any atom is -0.493 e. The summed E-state index contributed by atoms with van der Waals surface area (Å²) in [5.41, 5.74) is 3.85. The first-order chi connectivity index (χ1) is 16.8. The Morgan fingerprint density at radius 3 is 2.31 bits per heavy atom. The van der Waals surface area contributed by atoms with Crippen LogP contribution in [0.1, 0.15) is 37.7 Å². The quantitative estimate of drug-likeness (QED) is 0.335. The monoisotopic (exact) mass is 478 g/mol. The van der Waals surface area contributed by atoms with Crippen molar-refractivity contribution in [2.45, 2.75) is 26.8 Å². The van der Waals surface area contributed by atoms with Gasteiger partial charge in [-0.2, -0.15) is 0 Å². The van der Waals surface area contributed by atoms with Gasteiger partial charge in [-0.3, -0.25) is 14.4 Å². The number of amides is 1. The van der Waals surface area contributed by atoms with Crippen molar-refractivity contribution in [1.29, 1.82) is 0 Å². The number of aryl methyl sites for hydroxylation is 2. The Hall–Kier alpha value is -4.07. The minimum atomic E-state index is -0.704. The Morgan fingerprint density at radius 2 is 1.63 bits per heavy atom.